The lowest BCUT2D eigenvalue weighted by Gasteiger charge is -2.28. The van der Waals surface area contributed by atoms with Crippen LogP contribution in [-0.2, 0) is 6.42 Å². The number of hydrogen-bond donors (Lipinski definition) is 0. The Hall–Kier alpha value is -2.36. The van der Waals surface area contributed by atoms with Gasteiger partial charge in [0.2, 0.25) is 0 Å². The molecule has 4 heteroatoms. The van der Waals surface area contributed by atoms with E-state index in [1.54, 1.807) is 24.4 Å². The van der Waals surface area contributed by atoms with Crippen LogP contribution in [0.25, 0.3) is 0 Å². The third-order valence-corrected chi connectivity index (χ3v) is 3.37. The van der Waals surface area contributed by atoms with Gasteiger partial charge in [0.15, 0.2) is 0 Å². The molecule has 4 nitrogen and oxygen atoms in total. The van der Waals surface area contributed by atoms with E-state index >= 15 is 0 Å². The van der Waals surface area contributed by atoms with Gasteiger partial charge in [-0.2, -0.15) is 0 Å². The van der Waals surface area contributed by atoms with Crippen LogP contribution in [0.2, 0.25) is 0 Å². The average molecular weight is 254 g/mol. The van der Waals surface area contributed by atoms with Gasteiger partial charge in [0.1, 0.15) is 5.75 Å². The van der Waals surface area contributed by atoms with E-state index in [1.165, 1.54) is 0 Å². The Bertz CT molecular complexity index is 611. The van der Waals surface area contributed by atoms with Gasteiger partial charge < -0.3 is 9.64 Å². The lowest BCUT2D eigenvalue weighted by molar-refractivity contribution is 0.0980. The Morgan fingerprint density at radius 2 is 2.00 bits per heavy atom. The van der Waals surface area contributed by atoms with E-state index in [4.69, 9.17) is 4.74 Å². The third-order valence-electron chi connectivity index (χ3n) is 3.37. The Kier molecular flexibility index (Phi) is 2.91. The number of anilines is 1. The summed E-state index contributed by atoms with van der Waals surface area (Å²) in [7, 11) is 1.63. The molecule has 0 bridgehead atoms. The van der Waals surface area contributed by atoms with E-state index in [-0.39, 0.29) is 5.91 Å². The molecule has 2 aromatic rings. The zero-order chi connectivity index (χ0) is 13.2. The van der Waals surface area contributed by atoms with Crippen molar-refractivity contribution in [3.05, 3.63) is 53.9 Å². The van der Waals surface area contributed by atoms with Gasteiger partial charge in [-0.25, -0.2) is 0 Å². The summed E-state index contributed by atoms with van der Waals surface area (Å²) in [5, 5.41) is 0. The fourth-order valence-corrected chi connectivity index (χ4v) is 2.36. The number of pyridine rings is 1. The minimum absolute atomic E-state index is 0.0371. The highest BCUT2D eigenvalue weighted by Gasteiger charge is 2.25. The zero-order valence-electron chi connectivity index (χ0n) is 10.7. The molecular formula is C15H14N2O2. The second-order valence-corrected chi connectivity index (χ2v) is 4.44. The number of benzene rings is 1. The number of nitrogens with zero attached hydrogens (tertiary/aromatic N) is 2. The van der Waals surface area contributed by atoms with E-state index < -0.39 is 0 Å². The topological polar surface area (TPSA) is 42.4 Å². The van der Waals surface area contributed by atoms with Crippen molar-refractivity contribution in [3.8, 4) is 5.75 Å². The predicted molar refractivity (Wildman–Crippen MR) is 72.6 cm³/mol. The Morgan fingerprint density at radius 1 is 1.21 bits per heavy atom. The number of amides is 1. The fourth-order valence-electron chi connectivity index (χ4n) is 2.36. The Balaban J connectivity index is 1.97. The highest BCUT2D eigenvalue weighted by Crippen LogP contribution is 2.26. The number of rotatable bonds is 2. The number of hydrogen-bond acceptors (Lipinski definition) is 3. The first-order valence-corrected chi connectivity index (χ1v) is 6.18. The predicted octanol–water partition coefficient (Wildman–Crippen LogP) is 2.29. The maximum absolute atomic E-state index is 12.5. The molecule has 1 amide bonds. The summed E-state index contributed by atoms with van der Waals surface area (Å²) in [6.07, 6.45) is 4.24. The molecule has 0 spiro atoms. The standard InChI is InChI=1S/C15H14N2O2/c1-19-13-2-3-14-11(10-13)6-9-17(15(14)18)12-4-7-16-8-5-12/h2-5,7-8,10H,6,9H2,1H3. The molecule has 0 atom stereocenters. The van der Waals surface area contributed by atoms with Gasteiger partial charge >= 0.3 is 0 Å². The summed E-state index contributed by atoms with van der Waals surface area (Å²) in [5.74, 6) is 0.832. The van der Waals surface area contributed by atoms with Crippen molar-refractivity contribution >= 4 is 11.6 Å². The van der Waals surface area contributed by atoms with E-state index in [1.807, 2.05) is 30.3 Å². The van der Waals surface area contributed by atoms with E-state index in [2.05, 4.69) is 4.98 Å². The SMILES string of the molecule is COc1ccc2c(c1)CCN(c1ccncc1)C2=O. The first kappa shape index (κ1) is 11.7. The fraction of sp³-hybridized carbons (Fsp3) is 0.200. The van der Waals surface area contributed by atoms with Crippen LogP contribution in [0.1, 0.15) is 15.9 Å². The number of methoxy groups -OCH3 is 1. The van der Waals surface area contributed by atoms with Gasteiger partial charge in [-0.3, -0.25) is 9.78 Å². The average Bonchev–Trinajstić information content (AvgIpc) is 2.48. The van der Waals surface area contributed by atoms with Gasteiger partial charge in [-0.15, -0.1) is 0 Å². The van der Waals surface area contributed by atoms with Crippen LogP contribution in [0.15, 0.2) is 42.7 Å². The van der Waals surface area contributed by atoms with E-state index in [0.29, 0.717) is 6.54 Å². The van der Waals surface area contributed by atoms with Gasteiger partial charge in [0.05, 0.1) is 7.11 Å². The Morgan fingerprint density at radius 3 is 2.74 bits per heavy atom. The highest BCUT2D eigenvalue weighted by atomic mass is 16.5. The van der Waals surface area contributed by atoms with Crippen LogP contribution < -0.4 is 9.64 Å². The first-order chi connectivity index (χ1) is 9.29. The van der Waals surface area contributed by atoms with Crippen molar-refractivity contribution in [2.75, 3.05) is 18.6 Å². The van der Waals surface area contributed by atoms with Crippen LogP contribution in [0, 0.1) is 0 Å². The summed E-state index contributed by atoms with van der Waals surface area (Å²) in [4.78, 5) is 18.2. The first-order valence-electron chi connectivity index (χ1n) is 6.18. The maximum Gasteiger partial charge on any atom is 0.258 e. The quantitative estimate of drug-likeness (QED) is 0.825. The zero-order valence-corrected chi connectivity index (χ0v) is 10.7. The van der Waals surface area contributed by atoms with Crippen molar-refractivity contribution in [1.82, 2.24) is 4.98 Å². The number of fused-ring (bicyclic) bond motifs is 1. The van der Waals surface area contributed by atoms with Crippen molar-refractivity contribution in [2.24, 2.45) is 0 Å². The highest BCUT2D eigenvalue weighted by molar-refractivity contribution is 6.08. The van der Waals surface area contributed by atoms with Crippen molar-refractivity contribution in [2.45, 2.75) is 6.42 Å². The number of carbonyl (C=O) groups is 1. The van der Waals surface area contributed by atoms with E-state index in [9.17, 15) is 4.79 Å². The van der Waals surface area contributed by atoms with Gasteiger partial charge in [0, 0.05) is 30.2 Å². The molecular weight excluding hydrogens is 240 g/mol. The molecule has 0 N–H and O–H groups in total. The normalized spacial score (nSPS) is 14.2. The summed E-state index contributed by atoms with van der Waals surface area (Å²) >= 11 is 0. The molecule has 0 unspecified atom stereocenters. The molecule has 0 saturated carbocycles. The number of ether oxygens (including phenoxy) is 1. The summed E-state index contributed by atoms with van der Waals surface area (Å²) in [6, 6.07) is 9.31. The molecule has 0 fully saturated rings. The van der Waals surface area contributed by atoms with Crippen LogP contribution in [-0.4, -0.2) is 24.5 Å². The molecule has 3 rings (SSSR count). The maximum atomic E-state index is 12.5. The van der Waals surface area contributed by atoms with Gasteiger partial charge in [-0.1, -0.05) is 0 Å². The van der Waals surface area contributed by atoms with Crippen LogP contribution in [0.4, 0.5) is 5.69 Å². The van der Waals surface area contributed by atoms with Crippen LogP contribution >= 0.6 is 0 Å². The molecule has 19 heavy (non-hydrogen) atoms. The number of carbonyl (C=O) groups excluding carboxylic acids is 1. The monoisotopic (exact) mass is 254 g/mol. The summed E-state index contributed by atoms with van der Waals surface area (Å²) in [5.41, 5.74) is 2.69. The van der Waals surface area contributed by atoms with Crippen molar-refractivity contribution in [1.29, 1.82) is 0 Å². The minimum Gasteiger partial charge on any atom is -0.497 e. The van der Waals surface area contributed by atoms with Crippen molar-refractivity contribution in [3.63, 3.8) is 0 Å². The molecule has 0 saturated heterocycles. The summed E-state index contributed by atoms with van der Waals surface area (Å²) < 4.78 is 5.19. The minimum atomic E-state index is 0.0371. The van der Waals surface area contributed by atoms with E-state index in [0.717, 1.165) is 29.0 Å². The molecule has 0 aliphatic carbocycles. The largest absolute Gasteiger partial charge is 0.497 e. The van der Waals surface area contributed by atoms with Crippen LogP contribution in [0.5, 0.6) is 5.75 Å². The van der Waals surface area contributed by atoms with Gasteiger partial charge in [-0.05, 0) is 42.3 Å². The summed E-state index contributed by atoms with van der Waals surface area (Å²) in [6.45, 7) is 0.684. The third kappa shape index (κ3) is 2.05. The lowest BCUT2D eigenvalue weighted by Crippen LogP contribution is -2.37. The van der Waals surface area contributed by atoms with Crippen LogP contribution in [0.3, 0.4) is 0 Å². The van der Waals surface area contributed by atoms with Crippen molar-refractivity contribution < 1.29 is 9.53 Å². The second-order valence-electron chi connectivity index (χ2n) is 4.44. The molecule has 1 aliphatic heterocycles. The lowest BCUT2D eigenvalue weighted by atomic mass is 9.98. The number of aromatic nitrogens is 1. The molecule has 96 valence electrons. The second kappa shape index (κ2) is 4.72. The molecule has 2 heterocycles. The Labute approximate surface area is 111 Å². The van der Waals surface area contributed by atoms with Gasteiger partial charge in [0.25, 0.3) is 5.91 Å². The molecule has 1 aliphatic rings. The smallest absolute Gasteiger partial charge is 0.258 e. The molecule has 1 aromatic carbocycles. The molecule has 0 radical (unpaired) electrons. The molecule has 1 aromatic heterocycles.